The Hall–Kier alpha value is -0.870. The molecule has 4 nitrogen and oxygen atoms in total. The van der Waals surface area contributed by atoms with Crippen molar-refractivity contribution < 1.29 is 0 Å². The lowest BCUT2D eigenvalue weighted by Gasteiger charge is -2.26. The van der Waals surface area contributed by atoms with Crippen molar-refractivity contribution in [1.29, 1.82) is 0 Å². The van der Waals surface area contributed by atoms with Crippen molar-refractivity contribution in [2.45, 2.75) is 38.8 Å². The maximum Gasteiger partial charge on any atom is 0.0534 e. The third kappa shape index (κ3) is 3.94. The van der Waals surface area contributed by atoms with E-state index >= 15 is 0 Å². The molecule has 2 N–H and O–H groups in total. The molecule has 0 amide bonds. The zero-order valence-corrected chi connectivity index (χ0v) is 10.7. The van der Waals surface area contributed by atoms with Gasteiger partial charge in [0.05, 0.1) is 6.20 Å². The maximum absolute atomic E-state index is 5.81. The van der Waals surface area contributed by atoms with Crippen LogP contribution >= 0.6 is 0 Å². The van der Waals surface area contributed by atoms with Crippen molar-refractivity contribution >= 4 is 0 Å². The van der Waals surface area contributed by atoms with Gasteiger partial charge in [-0.3, -0.25) is 9.58 Å². The van der Waals surface area contributed by atoms with Crippen LogP contribution in [0.3, 0.4) is 0 Å². The average molecular weight is 224 g/mol. The summed E-state index contributed by atoms with van der Waals surface area (Å²) in [5.41, 5.74) is 7.06. The second-order valence-electron chi connectivity index (χ2n) is 4.47. The zero-order valence-electron chi connectivity index (χ0n) is 10.7. The quantitative estimate of drug-likeness (QED) is 0.761. The molecule has 0 aliphatic carbocycles. The molecule has 0 bridgehead atoms. The number of hydrogen-bond donors (Lipinski definition) is 1. The lowest BCUT2D eigenvalue weighted by molar-refractivity contribution is 0.223. The summed E-state index contributed by atoms with van der Waals surface area (Å²) in [6.45, 7) is 3.88. The van der Waals surface area contributed by atoms with E-state index in [0.29, 0.717) is 6.04 Å². The first kappa shape index (κ1) is 13.2. The number of aryl methyl sites for hydroxylation is 1. The normalized spacial score (nSPS) is 13.3. The Bertz CT molecular complexity index is 295. The molecule has 0 radical (unpaired) electrons. The summed E-state index contributed by atoms with van der Waals surface area (Å²) in [6, 6.07) is 0.486. The first-order chi connectivity index (χ1) is 7.67. The predicted molar refractivity (Wildman–Crippen MR) is 67.0 cm³/mol. The zero-order chi connectivity index (χ0) is 12.0. The minimum absolute atomic E-state index is 0.486. The van der Waals surface area contributed by atoms with Crippen LogP contribution in [0.2, 0.25) is 0 Å². The summed E-state index contributed by atoms with van der Waals surface area (Å²) in [7, 11) is 4.08. The van der Waals surface area contributed by atoms with Crippen molar-refractivity contribution in [3.05, 3.63) is 18.0 Å². The van der Waals surface area contributed by atoms with Crippen LogP contribution in [0.15, 0.2) is 12.4 Å². The number of rotatable bonds is 7. The number of likely N-dealkylation sites (N-methyl/N-ethyl adjacent to an activating group) is 1. The lowest BCUT2D eigenvalue weighted by atomic mass is 10.1. The molecule has 4 heteroatoms. The Morgan fingerprint density at radius 3 is 2.81 bits per heavy atom. The highest BCUT2D eigenvalue weighted by atomic mass is 15.2. The highest BCUT2D eigenvalue weighted by Crippen LogP contribution is 2.10. The number of unbranched alkanes of at least 4 members (excludes halogenated alkanes) is 1. The second kappa shape index (κ2) is 6.66. The van der Waals surface area contributed by atoms with Crippen LogP contribution in [0, 0.1) is 0 Å². The van der Waals surface area contributed by atoms with E-state index in [1.165, 1.54) is 24.8 Å². The van der Waals surface area contributed by atoms with Crippen molar-refractivity contribution in [3.8, 4) is 0 Å². The fourth-order valence-electron chi connectivity index (χ4n) is 1.93. The van der Waals surface area contributed by atoms with Crippen molar-refractivity contribution in [1.82, 2.24) is 14.7 Å². The van der Waals surface area contributed by atoms with Gasteiger partial charge in [0.2, 0.25) is 0 Å². The Labute approximate surface area is 98.4 Å². The summed E-state index contributed by atoms with van der Waals surface area (Å²) in [5.74, 6) is 0. The molecule has 0 aliphatic heterocycles. The monoisotopic (exact) mass is 224 g/mol. The summed E-state index contributed by atoms with van der Waals surface area (Å²) < 4.78 is 1.84. The Morgan fingerprint density at radius 2 is 2.31 bits per heavy atom. The van der Waals surface area contributed by atoms with Gasteiger partial charge in [-0.1, -0.05) is 19.8 Å². The van der Waals surface area contributed by atoms with E-state index in [-0.39, 0.29) is 0 Å². The van der Waals surface area contributed by atoms with E-state index < -0.39 is 0 Å². The lowest BCUT2D eigenvalue weighted by Crippen LogP contribution is -2.37. The Morgan fingerprint density at radius 1 is 1.56 bits per heavy atom. The molecule has 0 spiro atoms. The number of aromatic nitrogens is 2. The van der Waals surface area contributed by atoms with E-state index in [1.807, 2.05) is 17.9 Å². The highest BCUT2D eigenvalue weighted by molar-refractivity contribution is 5.03. The van der Waals surface area contributed by atoms with Crippen LogP contribution in [0.25, 0.3) is 0 Å². The minimum Gasteiger partial charge on any atom is -0.329 e. The number of nitrogens with zero attached hydrogens (tertiary/aromatic N) is 3. The molecule has 0 saturated heterocycles. The molecule has 0 fully saturated rings. The SMILES string of the molecule is CCCCC(CN)N(C)Cc1cnn(C)c1. The standard InChI is InChI=1S/C12H24N4/c1-4-5-6-12(7-13)15(2)9-11-8-14-16(3)10-11/h8,10,12H,4-7,9,13H2,1-3H3. The fourth-order valence-corrected chi connectivity index (χ4v) is 1.93. The molecule has 1 heterocycles. The molecule has 0 saturated carbocycles. The van der Waals surface area contributed by atoms with Gasteiger partial charge in [-0.15, -0.1) is 0 Å². The number of hydrogen-bond acceptors (Lipinski definition) is 3. The average Bonchev–Trinajstić information content (AvgIpc) is 2.65. The molecule has 1 rings (SSSR count). The van der Waals surface area contributed by atoms with Gasteiger partial charge in [0.1, 0.15) is 0 Å². The molecule has 1 aromatic heterocycles. The van der Waals surface area contributed by atoms with E-state index in [1.54, 1.807) is 0 Å². The maximum atomic E-state index is 5.81. The van der Waals surface area contributed by atoms with Crippen molar-refractivity contribution in [2.24, 2.45) is 12.8 Å². The molecule has 0 aliphatic rings. The van der Waals surface area contributed by atoms with E-state index in [9.17, 15) is 0 Å². The summed E-state index contributed by atoms with van der Waals surface area (Å²) in [4.78, 5) is 2.33. The molecule has 92 valence electrons. The van der Waals surface area contributed by atoms with E-state index in [2.05, 4.69) is 30.2 Å². The predicted octanol–water partition coefficient (Wildman–Crippen LogP) is 1.37. The molecule has 1 aromatic rings. The van der Waals surface area contributed by atoms with Crippen LogP contribution in [0.5, 0.6) is 0 Å². The van der Waals surface area contributed by atoms with E-state index in [0.717, 1.165) is 13.1 Å². The van der Waals surface area contributed by atoms with Gasteiger partial charge < -0.3 is 5.73 Å². The molecular weight excluding hydrogens is 200 g/mol. The summed E-state index contributed by atoms with van der Waals surface area (Å²) >= 11 is 0. The first-order valence-corrected chi connectivity index (χ1v) is 6.05. The summed E-state index contributed by atoms with van der Waals surface area (Å²) in [5, 5.41) is 4.18. The van der Waals surface area contributed by atoms with Crippen molar-refractivity contribution in [3.63, 3.8) is 0 Å². The highest BCUT2D eigenvalue weighted by Gasteiger charge is 2.13. The number of nitrogens with two attached hydrogens (primary N) is 1. The van der Waals surface area contributed by atoms with Gasteiger partial charge in [0.15, 0.2) is 0 Å². The third-order valence-electron chi connectivity index (χ3n) is 2.98. The van der Waals surface area contributed by atoms with Crippen LogP contribution in [-0.2, 0) is 13.6 Å². The van der Waals surface area contributed by atoms with E-state index in [4.69, 9.17) is 5.73 Å². The van der Waals surface area contributed by atoms with Crippen LogP contribution < -0.4 is 5.73 Å². The largest absolute Gasteiger partial charge is 0.329 e. The molecular formula is C12H24N4. The second-order valence-corrected chi connectivity index (χ2v) is 4.47. The van der Waals surface area contributed by atoms with Crippen LogP contribution in [-0.4, -0.2) is 34.3 Å². The molecule has 1 atom stereocenters. The molecule has 16 heavy (non-hydrogen) atoms. The minimum atomic E-state index is 0.486. The van der Waals surface area contributed by atoms with Gasteiger partial charge in [0, 0.05) is 37.9 Å². The van der Waals surface area contributed by atoms with Crippen LogP contribution in [0.1, 0.15) is 31.7 Å². The molecule has 1 unspecified atom stereocenters. The van der Waals surface area contributed by atoms with Gasteiger partial charge in [0.25, 0.3) is 0 Å². The van der Waals surface area contributed by atoms with Crippen LogP contribution in [0.4, 0.5) is 0 Å². The molecule has 0 aromatic carbocycles. The Balaban J connectivity index is 2.45. The Kier molecular flexibility index (Phi) is 5.49. The first-order valence-electron chi connectivity index (χ1n) is 6.05. The topological polar surface area (TPSA) is 47.1 Å². The van der Waals surface area contributed by atoms with Crippen molar-refractivity contribution in [2.75, 3.05) is 13.6 Å². The smallest absolute Gasteiger partial charge is 0.0534 e. The van der Waals surface area contributed by atoms with Gasteiger partial charge in [-0.25, -0.2) is 0 Å². The fraction of sp³-hybridized carbons (Fsp3) is 0.750. The summed E-state index contributed by atoms with van der Waals surface area (Å²) in [6.07, 6.45) is 7.65. The van der Waals surface area contributed by atoms with Gasteiger partial charge in [-0.05, 0) is 13.5 Å². The van der Waals surface area contributed by atoms with Gasteiger partial charge in [-0.2, -0.15) is 5.10 Å². The third-order valence-corrected chi connectivity index (χ3v) is 2.98. The van der Waals surface area contributed by atoms with Gasteiger partial charge >= 0.3 is 0 Å².